The first-order valence-electron chi connectivity index (χ1n) is 4.99. The molecule has 3 rings (SSSR count). The van der Waals surface area contributed by atoms with E-state index in [1.807, 2.05) is 18.2 Å². The van der Waals surface area contributed by atoms with Gasteiger partial charge in [-0.05, 0) is 23.1 Å². The van der Waals surface area contributed by atoms with Gasteiger partial charge in [-0.15, -0.1) is 0 Å². The zero-order chi connectivity index (χ0) is 11.8. The summed E-state index contributed by atoms with van der Waals surface area (Å²) >= 11 is 7.35. The van der Waals surface area contributed by atoms with Gasteiger partial charge >= 0.3 is 0 Å². The zero-order valence-corrected chi connectivity index (χ0v) is 10.3. The van der Waals surface area contributed by atoms with E-state index in [-0.39, 0.29) is 0 Å². The predicted molar refractivity (Wildman–Crippen MR) is 72.3 cm³/mol. The summed E-state index contributed by atoms with van der Waals surface area (Å²) in [6, 6.07) is 7.97. The van der Waals surface area contributed by atoms with Gasteiger partial charge in [-0.25, -0.2) is 9.97 Å². The molecule has 0 spiro atoms. The van der Waals surface area contributed by atoms with E-state index in [0.29, 0.717) is 10.3 Å². The van der Waals surface area contributed by atoms with Gasteiger partial charge in [0.05, 0.1) is 4.88 Å². The number of aromatic nitrogens is 2. The predicted octanol–water partition coefficient (Wildman–Crippen LogP) is 3.59. The number of nitrogens with two attached hydrogens (primary N) is 1. The molecule has 17 heavy (non-hydrogen) atoms. The van der Waals surface area contributed by atoms with E-state index in [1.54, 1.807) is 12.4 Å². The Labute approximate surface area is 107 Å². The Morgan fingerprint density at radius 2 is 1.94 bits per heavy atom. The third-order valence-corrected chi connectivity index (χ3v) is 3.58. The number of rotatable bonds is 1. The molecule has 3 aromatic rings. The Hall–Kier alpha value is -1.65. The van der Waals surface area contributed by atoms with Gasteiger partial charge in [-0.2, -0.15) is 0 Å². The molecular weight excluding hydrogens is 254 g/mol. The summed E-state index contributed by atoms with van der Waals surface area (Å²) in [5.74, 6) is 0. The van der Waals surface area contributed by atoms with E-state index in [1.165, 1.54) is 11.3 Å². The molecule has 0 aliphatic heterocycles. The number of thiazole rings is 1. The standard InChI is InChI=1S/C12H8ClN3S/c13-11-4-9-3-7(1-2-8(9)5-15-11)10-6-16-12(14)17-10/h1-6H,(H2,14,16). The average molecular weight is 262 g/mol. The highest BCUT2D eigenvalue weighted by Crippen LogP contribution is 2.30. The topological polar surface area (TPSA) is 51.8 Å². The Kier molecular flexibility index (Phi) is 2.46. The maximum atomic E-state index is 5.88. The Bertz CT molecular complexity index is 693. The van der Waals surface area contributed by atoms with Crippen molar-refractivity contribution in [3.63, 3.8) is 0 Å². The van der Waals surface area contributed by atoms with Crippen molar-refractivity contribution in [1.29, 1.82) is 0 Å². The molecule has 5 heteroatoms. The van der Waals surface area contributed by atoms with Gasteiger partial charge in [-0.3, -0.25) is 0 Å². The second-order valence-corrected chi connectivity index (χ2v) is 5.08. The van der Waals surface area contributed by atoms with Crippen LogP contribution in [0.15, 0.2) is 36.7 Å². The number of pyridine rings is 1. The summed E-state index contributed by atoms with van der Waals surface area (Å²) < 4.78 is 0. The lowest BCUT2D eigenvalue weighted by atomic mass is 10.1. The number of benzene rings is 1. The van der Waals surface area contributed by atoms with Crippen molar-refractivity contribution in [2.75, 3.05) is 5.73 Å². The van der Waals surface area contributed by atoms with Gasteiger partial charge in [0.25, 0.3) is 0 Å². The summed E-state index contributed by atoms with van der Waals surface area (Å²) in [6.45, 7) is 0. The number of nitrogens with zero attached hydrogens (tertiary/aromatic N) is 2. The molecule has 2 heterocycles. The third kappa shape index (κ3) is 1.97. The van der Waals surface area contributed by atoms with Crippen LogP contribution in [0.25, 0.3) is 21.2 Å². The van der Waals surface area contributed by atoms with Gasteiger partial charge in [-0.1, -0.05) is 35.1 Å². The summed E-state index contributed by atoms with van der Waals surface area (Å²) in [4.78, 5) is 9.15. The Balaban J connectivity index is 2.18. The van der Waals surface area contributed by atoms with Crippen molar-refractivity contribution in [3.05, 3.63) is 41.8 Å². The second-order valence-electron chi connectivity index (χ2n) is 3.63. The molecule has 3 nitrogen and oxygen atoms in total. The lowest BCUT2D eigenvalue weighted by molar-refractivity contribution is 1.36. The van der Waals surface area contributed by atoms with Gasteiger partial charge in [0.1, 0.15) is 5.15 Å². The minimum absolute atomic E-state index is 0.499. The number of fused-ring (bicyclic) bond motifs is 1. The fourth-order valence-corrected chi connectivity index (χ4v) is 2.54. The number of nitrogen functional groups attached to an aromatic ring is 1. The Morgan fingerprint density at radius 1 is 1.06 bits per heavy atom. The van der Waals surface area contributed by atoms with Gasteiger partial charge in [0.2, 0.25) is 0 Å². The van der Waals surface area contributed by atoms with E-state index in [4.69, 9.17) is 17.3 Å². The molecule has 0 aliphatic carbocycles. The molecule has 0 bridgehead atoms. The highest BCUT2D eigenvalue weighted by Gasteiger charge is 2.04. The minimum atomic E-state index is 0.499. The molecule has 0 saturated heterocycles. The molecule has 0 unspecified atom stereocenters. The first-order chi connectivity index (χ1) is 8.22. The SMILES string of the molecule is Nc1ncc(-c2ccc3cnc(Cl)cc3c2)s1. The summed E-state index contributed by atoms with van der Waals surface area (Å²) in [5, 5.41) is 3.21. The molecule has 2 aromatic heterocycles. The molecule has 0 atom stereocenters. The number of anilines is 1. The van der Waals surface area contributed by atoms with Gasteiger partial charge in [0.15, 0.2) is 5.13 Å². The molecule has 2 N–H and O–H groups in total. The molecular formula is C12H8ClN3S. The Morgan fingerprint density at radius 3 is 2.71 bits per heavy atom. The molecule has 0 aliphatic rings. The van der Waals surface area contributed by atoms with E-state index in [9.17, 15) is 0 Å². The van der Waals surface area contributed by atoms with Crippen LogP contribution in [-0.4, -0.2) is 9.97 Å². The maximum Gasteiger partial charge on any atom is 0.180 e. The van der Waals surface area contributed by atoms with Crippen molar-refractivity contribution in [3.8, 4) is 10.4 Å². The first-order valence-corrected chi connectivity index (χ1v) is 6.19. The van der Waals surface area contributed by atoms with E-state index in [2.05, 4.69) is 16.0 Å². The molecule has 1 aromatic carbocycles. The van der Waals surface area contributed by atoms with Crippen LogP contribution in [0.3, 0.4) is 0 Å². The third-order valence-electron chi connectivity index (χ3n) is 2.50. The van der Waals surface area contributed by atoms with E-state index < -0.39 is 0 Å². The lowest BCUT2D eigenvalue weighted by Crippen LogP contribution is -1.79. The van der Waals surface area contributed by atoms with Crippen LogP contribution < -0.4 is 5.73 Å². The van der Waals surface area contributed by atoms with E-state index >= 15 is 0 Å². The van der Waals surface area contributed by atoms with Crippen LogP contribution in [0.1, 0.15) is 0 Å². The highest BCUT2D eigenvalue weighted by molar-refractivity contribution is 7.18. The van der Waals surface area contributed by atoms with Crippen LogP contribution in [0, 0.1) is 0 Å². The quantitative estimate of drug-likeness (QED) is 0.681. The van der Waals surface area contributed by atoms with Crippen LogP contribution in [0.2, 0.25) is 5.15 Å². The fourth-order valence-electron chi connectivity index (χ4n) is 1.69. The van der Waals surface area contributed by atoms with E-state index in [0.717, 1.165) is 21.2 Å². The summed E-state index contributed by atoms with van der Waals surface area (Å²) in [7, 11) is 0. The van der Waals surface area contributed by atoms with Crippen LogP contribution in [0.5, 0.6) is 0 Å². The van der Waals surface area contributed by atoms with Crippen LogP contribution >= 0.6 is 22.9 Å². The highest BCUT2D eigenvalue weighted by atomic mass is 35.5. The minimum Gasteiger partial charge on any atom is -0.375 e. The summed E-state index contributed by atoms with van der Waals surface area (Å²) in [6.07, 6.45) is 3.55. The number of halogens is 1. The summed E-state index contributed by atoms with van der Waals surface area (Å²) in [5.41, 5.74) is 6.72. The van der Waals surface area contributed by atoms with Crippen molar-refractivity contribution in [1.82, 2.24) is 9.97 Å². The molecule has 0 radical (unpaired) electrons. The zero-order valence-electron chi connectivity index (χ0n) is 8.72. The fraction of sp³-hybridized carbons (Fsp3) is 0. The number of hydrogen-bond donors (Lipinski definition) is 1. The van der Waals surface area contributed by atoms with Crippen LogP contribution in [0.4, 0.5) is 5.13 Å². The van der Waals surface area contributed by atoms with Gasteiger partial charge in [0, 0.05) is 17.8 Å². The van der Waals surface area contributed by atoms with Gasteiger partial charge < -0.3 is 5.73 Å². The lowest BCUT2D eigenvalue weighted by Gasteiger charge is -2.01. The molecule has 0 saturated carbocycles. The normalized spacial score (nSPS) is 10.9. The largest absolute Gasteiger partial charge is 0.375 e. The maximum absolute atomic E-state index is 5.88. The van der Waals surface area contributed by atoms with Crippen LogP contribution in [-0.2, 0) is 0 Å². The molecule has 84 valence electrons. The molecule has 0 fully saturated rings. The van der Waals surface area contributed by atoms with Crippen molar-refractivity contribution in [2.45, 2.75) is 0 Å². The first kappa shape index (κ1) is 10.5. The average Bonchev–Trinajstić information content (AvgIpc) is 2.75. The van der Waals surface area contributed by atoms with Crippen molar-refractivity contribution in [2.24, 2.45) is 0 Å². The molecule has 0 amide bonds. The monoisotopic (exact) mass is 261 g/mol. The number of hydrogen-bond acceptors (Lipinski definition) is 4. The van der Waals surface area contributed by atoms with Crippen molar-refractivity contribution >= 4 is 38.8 Å². The smallest absolute Gasteiger partial charge is 0.180 e. The van der Waals surface area contributed by atoms with Crippen molar-refractivity contribution < 1.29 is 0 Å². The second kappa shape index (κ2) is 3.98.